The van der Waals surface area contributed by atoms with Gasteiger partial charge in [-0.3, -0.25) is 0 Å². The van der Waals surface area contributed by atoms with Crippen LogP contribution in [0.1, 0.15) is 11.1 Å². The zero-order chi connectivity index (χ0) is 22.1. The van der Waals surface area contributed by atoms with Gasteiger partial charge in [-0.2, -0.15) is 23.5 Å². The molecule has 0 amide bonds. The second-order valence-electron chi connectivity index (χ2n) is 6.95. The van der Waals surface area contributed by atoms with Gasteiger partial charge in [0.15, 0.2) is 0 Å². The quantitative estimate of drug-likeness (QED) is 0.504. The molecular weight excluding hydrogens is 407 g/mol. The maximum Gasteiger partial charge on any atom is 0.424 e. The molecule has 1 unspecified atom stereocenters. The minimum Gasteiger partial charge on any atom is -0.490 e. The van der Waals surface area contributed by atoms with E-state index in [1.54, 1.807) is 4.68 Å². The summed E-state index contributed by atoms with van der Waals surface area (Å²) in [4.78, 5) is 0. The van der Waals surface area contributed by atoms with Gasteiger partial charge in [0.2, 0.25) is 5.60 Å². The molecule has 1 N–H and O–H groups in total. The summed E-state index contributed by atoms with van der Waals surface area (Å²) in [6.07, 6.45) is -3.55. The van der Waals surface area contributed by atoms with Crippen molar-refractivity contribution >= 4 is 10.9 Å². The summed E-state index contributed by atoms with van der Waals surface area (Å²) in [7, 11) is 0. The topological polar surface area (TPSA) is 71.1 Å². The summed E-state index contributed by atoms with van der Waals surface area (Å²) in [5.74, 6) is 0.0553. The monoisotopic (exact) mass is 423 g/mol. The normalized spacial score (nSPS) is 13.5. The fourth-order valence-electron chi connectivity index (χ4n) is 3.24. The average molecular weight is 423 g/mol. The molecule has 0 aliphatic carbocycles. The van der Waals surface area contributed by atoms with Gasteiger partial charge in [0, 0.05) is 5.39 Å². The summed E-state index contributed by atoms with van der Waals surface area (Å²) < 4.78 is 48.6. The van der Waals surface area contributed by atoms with Gasteiger partial charge in [-0.05, 0) is 48.0 Å². The van der Waals surface area contributed by atoms with Gasteiger partial charge in [-0.1, -0.05) is 30.3 Å². The Morgan fingerprint density at radius 2 is 1.77 bits per heavy atom. The van der Waals surface area contributed by atoms with Gasteiger partial charge in [0.25, 0.3) is 0 Å². The van der Waals surface area contributed by atoms with Crippen LogP contribution in [0.25, 0.3) is 16.6 Å². The van der Waals surface area contributed by atoms with Crippen molar-refractivity contribution in [1.29, 1.82) is 5.26 Å². The molecule has 1 heterocycles. The number of halogens is 3. The minimum absolute atomic E-state index is 0.0553. The van der Waals surface area contributed by atoms with Crippen molar-refractivity contribution in [2.45, 2.75) is 11.8 Å². The maximum atomic E-state index is 13.9. The van der Waals surface area contributed by atoms with E-state index < -0.39 is 18.4 Å². The van der Waals surface area contributed by atoms with Crippen LogP contribution in [0.4, 0.5) is 13.2 Å². The molecule has 0 spiro atoms. The molecule has 5 nitrogen and oxygen atoms in total. The fourth-order valence-corrected chi connectivity index (χ4v) is 3.24. The Balaban J connectivity index is 1.69. The molecule has 31 heavy (non-hydrogen) atoms. The van der Waals surface area contributed by atoms with Crippen molar-refractivity contribution < 1.29 is 23.0 Å². The molecule has 8 heteroatoms. The summed E-state index contributed by atoms with van der Waals surface area (Å²) in [6, 6.07) is 20.7. The summed E-state index contributed by atoms with van der Waals surface area (Å²) in [5.41, 5.74) is -2.02. The zero-order valence-electron chi connectivity index (χ0n) is 16.0. The maximum absolute atomic E-state index is 13.9. The number of nitrogens with zero attached hydrogens (tertiary/aromatic N) is 3. The van der Waals surface area contributed by atoms with Crippen molar-refractivity contribution in [2.24, 2.45) is 0 Å². The molecule has 0 saturated heterocycles. The van der Waals surface area contributed by atoms with Gasteiger partial charge >= 0.3 is 6.18 Å². The minimum atomic E-state index is -5.00. The average Bonchev–Trinajstić information content (AvgIpc) is 3.20. The number of alkyl halides is 3. The molecule has 0 radical (unpaired) electrons. The van der Waals surface area contributed by atoms with Crippen LogP contribution in [0.2, 0.25) is 0 Å². The van der Waals surface area contributed by atoms with Crippen LogP contribution >= 0.6 is 0 Å². The smallest absolute Gasteiger partial charge is 0.424 e. The number of benzene rings is 3. The lowest BCUT2D eigenvalue weighted by Gasteiger charge is -2.30. The van der Waals surface area contributed by atoms with Crippen LogP contribution < -0.4 is 4.74 Å². The molecule has 4 aromatic rings. The van der Waals surface area contributed by atoms with Gasteiger partial charge in [-0.25, -0.2) is 4.68 Å². The fraction of sp³-hybridized carbons (Fsp3) is 0.130. The van der Waals surface area contributed by atoms with E-state index >= 15 is 0 Å². The van der Waals surface area contributed by atoms with Crippen molar-refractivity contribution in [3.63, 3.8) is 0 Å². The SMILES string of the molecule is N#Cc1cccc(OCC(O)(c2ccc3c(cnn3-c3ccccc3)c2)C(F)(F)F)c1. The van der Waals surface area contributed by atoms with E-state index in [1.165, 1.54) is 48.7 Å². The number of aromatic nitrogens is 2. The Bertz CT molecular complexity index is 1260. The lowest BCUT2D eigenvalue weighted by atomic mass is 9.93. The Hall–Kier alpha value is -3.83. The lowest BCUT2D eigenvalue weighted by Crippen LogP contribution is -2.47. The van der Waals surface area contributed by atoms with E-state index in [9.17, 15) is 18.3 Å². The third-order valence-corrected chi connectivity index (χ3v) is 4.93. The summed E-state index contributed by atoms with van der Waals surface area (Å²) >= 11 is 0. The van der Waals surface area contributed by atoms with Crippen LogP contribution in [0, 0.1) is 11.3 Å². The summed E-state index contributed by atoms with van der Waals surface area (Å²) in [6.45, 7) is -1.07. The molecular formula is C23H16F3N3O2. The van der Waals surface area contributed by atoms with Crippen LogP contribution in [-0.2, 0) is 5.60 Å². The number of ether oxygens (including phenoxy) is 1. The van der Waals surface area contributed by atoms with E-state index in [1.807, 2.05) is 36.4 Å². The van der Waals surface area contributed by atoms with Crippen LogP contribution in [0.15, 0.2) is 79.0 Å². The number of nitriles is 1. The molecule has 0 bridgehead atoms. The van der Waals surface area contributed by atoms with E-state index in [0.29, 0.717) is 10.9 Å². The predicted octanol–water partition coefficient (Wildman–Crippen LogP) is 4.73. The first kappa shape index (κ1) is 20.4. The Labute approximate surface area is 175 Å². The highest BCUT2D eigenvalue weighted by atomic mass is 19.4. The number of hydrogen-bond acceptors (Lipinski definition) is 4. The van der Waals surface area contributed by atoms with Gasteiger partial charge in [0.1, 0.15) is 12.4 Å². The standard InChI is InChI=1S/C23H16F3N3O2/c24-23(25,26)22(30,15-31-20-8-4-5-16(11-20)13-27)18-9-10-21-17(12-18)14-28-29(21)19-6-2-1-3-7-19/h1-12,14,30H,15H2. The van der Waals surface area contributed by atoms with Crippen LogP contribution in [0.3, 0.4) is 0 Å². The first-order valence-corrected chi connectivity index (χ1v) is 9.27. The number of para-hydroxylation sites is 1. The van der Waals surface area contributed by atoms with E-state index in [0.717, 1.165) is 5.69 Å². The van der Waals surface area contributed by atoms with Crippen molar-refractivity contribution in [2.75, 3.05) is 6.61 Å². The Morgan fingerprint density at radius 3 is 2.48 bits per heavy atom. The molecule has 1 atom stereocenters. The Kier molecular flexibility index (Phi) is 5.13. The molecule has 0 saturated carbocycles. The highest BCUT2D eigenvalue weighted by Crippen LogP contribution is 2.40. The molecule has 0 aliphatic heterocycles. The predicted molar refractivity (Wildman–Crippen MR) is 108 cm³/mol. The molecule has 0 aliphatic rings. The number of aliphatic hydroxyl groups is 1. The zero-order valence-corrected chi connectivity index (χ0v) is 16.0. The van der Waals surface area contributed by atoms with Gasteiger partial charge in [-0.15, -0.1) is 0 Å². The second kappa shape index (κ2) is 7.78. The number of hydrogen-bond donors (Lipinski definition) is 1. The van der Waals surface area contributed by atoms with Crippen LogP contribution in [0.5, 0.6) is 5.75 Å². The van der Waals surface area contributed by atoms with Crippen molar-refractivity contribution in [1.82, 2.24) is 9.78 Å². The highest BCUT2D eigenvalue weighted by Gasteiger charge is 2.56. The first-order chi connectivity index (χ1) is 14.8. The van der Waals surface area contributed by atoms with E-state index in [2.05, 4.69) is 5.10 Å². The molecule has 156 valence electrons. The van der Waals surface area contributed by atoms with Crippen LogP contribution in [-0.4, -0.2) is 27.7 Å². The Morgan fingerprint density at radius 1 is 1.00 bits per heavy atom. The van der Waals surface area contributed by atoms with E-state index in [-0.39, 0.29) is 16.9 Å². The largest absolute Gasteiger partial charge is 0.490 e. The molecule has 3 aromatic carbocycles. The molecule has 0 fully saturated rings. The first-order valence-electron chi connectivity index (χ1n) is 9.27. The van der Waals surface area contributed by atoms with Gasteiger partial charge in [0.05, 0.1) is 29.0 Å². The number of fused-ring (bicyclic) bond motifs is 1. The van der Waals surface area contributed by atoms with Crippen molar-refractivity contribution in [3.05, 3.63) is 90.1 Å². The van der Waals surface area contributed by atoms with E-state index in [4.69, 9.17) is 10.00 Å². The number of rotatable bonds is 5. The lowest BCUT2D eigenvalue weighted by molar-refractivity contribution is -0.275. The van der Waals surface area contributed by atoms with Gasteiger partial charge < -0.3 is 9.84 Å². The third-order valence-electron chi connectivity index (χ3n) is 4.93. The summed E-state index contributed by atoms with van der Waals surface area (Å²) in [5, 5.41) is 24.3. The third kappa shape index (κ3) is 3.83. The van der Waals surface area contributed by atoms with Crippen molar-refractivity contribution in [3.8, 4) is 17.5 Å². The second-order valence-corrected chi connectivity index (χ2v) is 6.95. The molecule has 4 rings (SSSR count). The molecule has 1 aromatic heterocycles. The highest BCUT2D eigenvalue weighted by molar-refractivity contribution is 5.81.